The van der Waals surface area contributed by atoms with Crippen LogP contribution in [0.15, 0.2) is 0 Å². The zero-order valence-electron chi connectivity index (χ0n) is 11.8. The fraction of sp³-hybridized carbons (Fsp3) is 0.667. The van der Waals surface area contributed by atoms with E-state index in [0.29, 0.717) is 30.9 Å². The van der Waals surface area contributed by atoms with Gasteiger partial charge in [0.25, 0.3) is 0 Å². The van der Waals surface area contributed by atoms with Crippen LogP contribution < -0.4 is 15.0 Å². The van der Waals surface area contributed by atoms with Crippen molar-refractivity contribution < 1.29 is 4.74 Å². The van der Waals surface area contributed by atoms with Crippen LogP contribution in [0.1, 0.15) is 26.7 Å². The van der Waals surface area contributed by atoms with Gasteiger partial charge in [0.2, 0.25) is 11.9 Å². The molecule has 0 spiro atoms. The standard InChI is InChI=1S/C12H20N6O/c1-5-8-19-12-16-10(14-3)15-11(17-12)18(4)9(2)6-7-13/h9H,5-6,8H2,1-4H3,(H,14,15,16,17). The van der Waals surface area contributed by atoms with E-state index in [2.05, 4.69) is 26.3 Å². The van der Waals surface area contributed by atoms with Crippen molar-refractivity contribution in [3.63, 3.8) is 0 Å². The fourth-order valence-corrected chi connectivity index (χ4v) is 1.34. The van der Waals surface area contributed by atoms with Gasteiger partial charge in [-0.1, -0.05) is 6.92 Å². The van der Waals surface area contributed by atoms with Crippen LogP contribution in [0.5, 0.6) is 6.01 Å². The lowest BCUT2D eigenvalue weighted by Gasteiger charge is -2.23. The summed E-state index contributed by atoms with van der Waals surface area (Å²) in [5.74, 6) is 0.945. The summed E-state index contributed by atoms with van der Waals surface area (Å²) in [5, 5.41) is 11.6. The quantitative estimate of drug-likeness (QED) is 0.797. The lowest BCUT2D eigenvalue weighted by atomic mass is 10.2. The third-order valence-electron chi connectivity index (χ3n) is 2.63. The number of nitriles is 1. The molecular weight excluding hydrogens is 244 g/mol. The molecule has 7 nitrogen and oxygen atoms in total. The van der Waals surface area contributed by atoms with E-state index in [-0.39, 0.29) is 6.04 Å². The first-order valence-corrected chi connectivity index (χ1v) is 6.28. The molecule has 0 saturated carbocycles. The van der Waals surface area contributed by atoms with Gasteiger partial charge in [0.15, 0.2) is 0 Å². The Morgan fingerprint density at radius 3 is 2.74 bits per heavy atom. The number of anilines is 2. The SMILES string of the molecule is CCCOc1nc(NC)nc(N(C)C(C)CC#N)n1. The van der Waals surface area contributed by atoms with E-state index in [0.717, 1.165) is 6.42 Å². The maximum atomic E-state index is 8.74. The summed E-state index contributed by atoms with van der Waals surface area (Å²) >= 11 is 0. The Labute approximate surface area is 113 Å². The van der Waals surface area contributed by atoms with Gasteiger partial charge in [-0.15, -0.1) is 0 Å². The van der Waals surface area contributed by atoms with E-state index in [4.69, 9.17) is 10.00 Å². The maximum absolute atomic E-state index is 8.74. The summed E-state index contributed by atoms with van der Waals surface area (Å²) in [6.45, 7) is 4.52. The average molecular weight is 264 g/mol. The highest BCUT2D eigenvalue weighted by Gasteiger charge is 2.15. The summed E-state index contributed by atoms with van der Waals surface area (Å²) in [5.41, 5.74) is 0. The first-order chi connectivity index (χ1) is 9.12. The molecule has 1 rings (SSSR count). The second-order valence-electron chi connectivity index (χ2n) is 4.16. The Kier molecular flexibility index (Phi) is 5.79. The highest BCUT2D eigenvalue weighted by Crippen LogP contribution is 2.16. The van der Waals surface area contributed by atoms with E-state index in [9.17, 15) is 0 Å². The molecule has 1 aromatic heterocycles. The minimum atomic E-state index is 0.0242. The molecule has 0 radical (unpaired) electrons. The Hall–Kier alpha value is -2.10. The van der Waals surface area contributed by atoms with Crippen LogP contribution in [0, 0.1) is 11.3 Å². The molecule has 0 saturated heterocycles. The fourth-order valence-electron chi connectivity index (χ4n) is 1.34. The largest absolute Gasteiger partial charge is 0.463 e. The van der Waals surface area contributed by atoms with E-state index >= 15 is 0 Å². The number of hydrogen-bond donors (Lipinski definition) is 1. The van der Waals surface area contributed by atoms with Gasteiger partial charge >= 0.3 is 6.01 Å². The predicted octanol–water partition coefficient (Wildman–Crippen LogP) is 1.44. The molecule has 7 heteroatoms. The van der Waals surface area contributed by atoms with Crippen LogP contribution >= 0.6 is 0 Å². The topological polar surface area (TPSA) is 87.0 Å². The van der Waals surface area contributed by atoms with Crippen LogP contribution in [-0.4, -0.2) is 41.7 Å². The van der Waals surface area contributed by atoms with Crippen LogP contribution in [0.3, 0.4) is 0 Å². The Morgan fingerprint density at radius 2 is 2.16 bits per heavy atom. The zero-order chi connectivity index (χ0) is 14.3. The van der Waals surface area contributed by atoms with Crippen molar-refractivity contribution in [2.24, 2.45) is 0 Å². The minimum Gasteiger partial charge on any atom is -0.463 e. The molecule has 1 unspecified atom stereocenters. The van der Waals surface area contributed by atoms with Crippen molar-refractivity contribution in [1.82, 2.24) is 15.0 Å². The number of aromatic nitrogens is 3. The van der Waals surface area contributed by atoms with E-state index in [1.807, 2.05) is 25.8 Å². The average Bonchev–Trinajstić information content (AvgIpc) is 2.44. The van der Waals surface area contributed by atoms with E-state index in [1.165, 1.54) is 0 Å². The lowest BCUT2D eigenvalue weighted by Crippen LogP contribution is -2.30. The van der Waals surface area contributed by atoms with Crippen molar-refractivity contribution >= 4 is 11.9 Å². The summed E-state index contributed by atoms with van der Waals surface area (Å²) < 4.78 is 5.43. The first kappa shape index (κ1) is 15.0. The number of nitrogens with zero attached hydrogens (tertiary/aromatic N) is 5. The molecule has 1 atom stereocenters. The predicted molar refractivity (Wildman–Crippen MR) is 73.3 cm³/mol. The molecule has 104 valence electrons. The monoisotopic (exact) mass is 264 g/mol. The summed E-state index contributed by atoms with van der Waals surface area (Å²) in [6, 6.07) is 2.46. The van der Waals surface area contributed by atoms with E-state index < -0.39 is 0 Å². The van der Waals surface area contributed by atoms with Gasteiger partial charge in [-0.2, -0.15) is 20.2 Å². The van der Waals surface area contributed by atoms with Crippen molar-refractivity contribution in [1.29, 1.82) is 5.26 Å². The third kappa shape index (κ3) is 4.25. The number of rotatable bonds is 7. The highest BCUT2D eigenvalue weighted by molar-refractivity contribution is 5.38. The Morgan fingerprint density at radius 1 is 1.42 bits per heavy atom. The molecule has 1 heterocycles. The summed E-state index contributed by atoms with van der Waals surface area (Å²) in [6.07, 6.45) is 1.29. The first-order valence-electron chi connectivity index (χ1n) is 6.28. The van der Waals surface area contributed by atoms with E-state index in [1.54, 1.807) is 7.05 Å². The van der Waals surface area contributed by atoms with Crippen molar-refractivity contribution in [2.75, 3.05) is 30.9 Å². The molecule has 0 fully saturated rings. The van der Waals surface area contributed by atoms with Gasteiger partial charge in [-0.05, 0) is 13.3 Å². The lowest BCUT2D eigenvalue weighted by molar-refractivity contribution is 0.292. The Balaban J connectivity index is 2.95. The minimum absolute atomic E-state index is 0.0242. The van der Waals surface area contributed by atoms with Gasteiger partial charge < -0.3 is 15.0 Å². The van der Waals surface area contributed by atoms with Crippen LogP contribution in [-0.2, 0) is 0 Å². The molecule has 19 heavy (non-hydrogen) atoms. The third-order valence-corrected chi connectivity index (χ3v) is 2.63. The van der Waals surface area contributed by atoms with Crippen LogP contribution in [0.25, 0.3) is 0 Å². The molecule has 0 bridgehead atoms. The van der Waals surface area contributed by atoms with Gasteiger partial charge in [0, 0.05) is 20.1 Å². The summed E-state index contributed by atoms with van der Waals surface area (Å²) in [7, 11) is 3.59. The second kappa shape index (κ2) is 7.36. The molecule has 0 aliphatic rings. The smallest absolute Gasteiger partial charge is 0.323 e. The number of hydrogen-bond acceptors (Lipinski definition) is 7. The van der Waals surface area contributed by atoms with Gasteiger partial charge in [-0.3, -0.25) is 0 Å². The maximum Gasteiger partial charge on any atom is 0.323 e. The van der Waals surface area contributed by atoms with Gasteiger partial charge in [-0.25, -0.2) is 0 Å². The second-order valence-corrected chi connectivity index (χ2v) is 4.16. The Bertz CT molecular complexity index is 444. The van der Waals surface area contributed by atoms with Crippen LogP contribution in [0.4, 0.5) is 11.9 Å². The molecule has 0 aliphatic heterocycles. The molecule has 1 aromatic rings. The van der Waals surface area contributed by atoms with Crippen molar-refractivity contribution in [3.05, 3.63) is 0 Å². The molecule has 0 aromatic carbocycles. The van der Waals surface area contributed by atoms with Gasteiger partial charge in [0.05, 0.1) is 19.1 Å². The van der Waals surface area contributed by atoms with Crippen LogP contribution in [0.2, 0.25) is 0 Å². The molecular formula is C12H20N6O. The molecule has 1 N–H and O–H groups in total. The molecule has 0 aliphatic carbocycles. The molecule has 0 amide bonds. The summed E-state index contributed by atoms with van der Waals surface area (Å²) in [4.78, 5) is 14.5. The number of ether oxygens (including phenoxy) is 1. The zero-order valence-corrected chi connectivity index (χ0v) is 11.8. The van der Waals surface area contributed by atoms with Crippen molar-refractivity contribution in [3.8, 4) is 12.1 Å². The van der Waals surface area contributed by atoms with Gasteiger partial charge in [0.1, 0.15) is 0 Å². The van der Waals surface area contributed by atoms with Crippen molar-refractivity contribution in [2.45, 2.75) is 32.7 Å². The normalized spacial score (nSPS) is 11.5. The highest BCUT2D eigenvalue weighted by atomic mass is 16.5. The number of nitrogens with one attached hydrogen (secondary N) is 1.